The second-order valence-electron chi connectivity index (χ2n) is 8.25. The summed E-state index contributed by atoms with van der Waals surface area (Å²) in [5.41, 5.74) is 4.15. The van der Waals surface area contributed by atoms with E-state index in [-0.39, 0.29) is 17.6 Å². The van der Waals surface area contributed by atoms with Crippen LogP contribution in [0.1, 0.15) is 55.2 Å². The Labute approximate surface area is 160 Å². The highest BCUT2D eigenvalue weighted by molar-refractivity contribution is 5.77. The molecule has 0 unspecified atom stereocenters. The summed E-state index contributed by atoms with van der Waals surface area (Å²) in [6.07, 6.45) is 1.88. The van der Waals surface area contributed by atoms with Gasteiger partial charge in [-0.15, -0.1) is 0 Å². The molecule has 6 heteroatoms. The lowest BCUT2D eigenvalue weighted by atomic mass is 9.89. The fraction of sp³-hybridized carbons (Fsp3) is 0.524. The van der Waals surface area contributed by atoms with E-state index in [2.05, 4.69) is 54.7 Å². The molecule has 1 aromatic carbocycles. The molecule has 0 spiro atoms. The van der Waals surface area contributed by atoms with Crippen LogP contribution in [0.3, 0.4) is 0 Å². The predicted molar refractivity (Wildman–Crippen MR) is 104 cm³/mol. The number of rotatable bonds is 4. The molecule has 27 heavy (non-hydrogen) atoms. The minimum Gasteiger partial charge on any atom is -0.487 e. The van der Waals surface area contributed by atoms with E-state index in [1.165, 1.54) is 11.3 Å². The third-order valence-electron chi connectivity index (χ3n) is 5.29. The molecule has 0 saturated heterocycles. The average molecular weight is 368 g/mol. The molecule has 1 aromatic heterocycles. The third-order valence-corrected chi connectivity index (χ3v) is 5.29. The second-order valence-corrected chi connectivity index (χ2v) is 8.25. The Balaban J connectivity index is 1.42. The van der Waals surface area contributed by atoms with Crippen molar-refractivity contribution in [2.45, 2.75) is 64.8 Å². The van der Waals surface area contributed by atoms with Crippen LogP contribution in [0.25, 0.3) is 0 Å². The van der Waals surface area contributed by atoms with Crippen LogP contribution in [0.4, 0.5) is 0 Å². The fourth-order valence-electron chi connectivity index (χ4n) is 3.99. The molecule has 2 aliphatic rings. The summed E-state index contributed by atoms with van der Waals surface area (Å²) in [6.45, 7) is 8.90. The molecule has 1 atom stereocenters. The first kappa shape index (κ1) is 18.0. The molecule has 0 fully saturated rings. The van der Waals surface area contributed by atoms with E-state index in [0.717, 1.165) is 43.1 Å². The zero-order valence-corrected chi connectivity index (χ0v) is 16.3. The van der Waals surface area contributed by atoms with Crippen molar-refractivity contribution in [1.82, 2.24) is 20.4 Å². The van der Waals surface area contributed by atoms with Gasteiger partial charge in [0, 0.05) is 37.9 Å². The largest absolute Gasteiger partial charge is 0.487 e. The maximum Gasteiger partial charge on any atom is 0.220 e. The molecular weight excluding hydrogens is 340 g/mol. The smallest absolute Gasteiger partial charge is 0.220 e. The number of aromatic nitrogens is 2. The summed E-state index contributed by atoms with van der Waals surface area (Å²) >= 11 is 0. The first-order chi connectivity index (χ1) is 12.9. The van der Waals surface area contributed by atoms with Gasteiger partial charge < -0.3 is 15.4 Å². The van der Waals surface area contributed by atoms with Crippen LogP contribution in [0.5, 0.6) is 5.75 Å². The monoisotopic (exact) mass is 368 g/mol. The van der Waals surface area contributed by atoms with E-state index < -0.39 is 0 Å². The molecular formula is C21H28N4O2. The van der Waals surface area contributed by atoms with Crippen molar-refractivity contribution in [3.63, 3.8) is 0 Å². The zero-order chi connectivity index (χ0) is 19.0. The van der Waals surface area contributed by atoms with Gasteiger partial charge in [0.2, 0.25) is 5.91 Å². The van der Waals surface area contributed by atoms with Crippen LogP contribution in [0.2, 0.25) is 0 Å². The van der Waals surface area contributed by atoms with Gasteiger partial charge in [-0.3, -0.25) is 9.48 Å². The summed E-state index contributed by atoms with van der Waals surface area (Å²) in [5.74, 6) is 0.936. The normalized spacial score (nSPS) is 20.3. The van der Waals surface area contributed by atoms with Crippen molar-refractivity contribution in [3.8, 4) is 5.75 Å². The molecule has 6 nitrogen and oxygen atoms in total. The van der Waals surface area contributed by atoms with Crippen molar-refractivity contribution in [2.75, 3.05) is 6.54 Å². The van der Waals surface area contributed by atoms with Crippen molar-refractivity contribution in [2.24, 2.45) is 0 Å². The lowest BCUT2D eigenvalue weighted by molar-refractivity contribution is -0.122. The Bertz CT molecular complexity index is 832. The summed E-state index contributed by atoms with van der Waals surface area (Å²) in [4.78, 5) is 12.6. The van der Waals surface area contributed by atoms with Gasteiger partial charge in [-0.1, -0.05) is 17.7 Å². The summed E-state index contributed by atoms with van der Waals surface area (Å²) < 4.78 is 8.14. The van der Waals surface area contributed by atoms with Crippen LogP contribution in [0.15, 0.2) is 24.3 Å². The molecule has 0 aliphatic carbocycles. The number of nitrogens with one attached hydrogen (secondary N) is 2. The molecule has 4 rings (SSSR count). The number of carbonyl (C=O) groups is 1. The van der Waals surface area contributed by atoms with Gasteiger partial charge in [0.1, 0.15) is 11.4 Å². The summed E-state index contributed by atoms with van der Waals surface area (Å²) in [7, 11) is 0. The van der Waals surface area contributed by atoms with Crippen LogP contribution in [0, 0.1) is 6.92 Å². The van der Waals surface area contributed by atoms with E-state index in [1.54, 1.807) is 0 Å². The zero-order valence-electron chi connectivity index (χ0n) is 16.3. The number of carbonyl (C=O) groups excluding carboxylic acids is 1. The number of hydrogen-bond donors (Lipinski definition) is 2. The first-order valence-electron chi connectivity index (χ1n) is 9.75. The van der Waals surface area contributed by atoms with Crippen LogP contribution < -0.4 is 15.4 Å². The number of benzene rings is 1. The first-order valence-corrected chi connectivity index (χ1v) is 9.75. The Morgan fingerprint density at radius 3 is 3.07 bits per heavy atom. The average Bonchev–Trinajstić information content (AvgIpc) is 3.03. The molecule has 0 saturated carbocycles. The van der Waals surface area contributed by atoms with Crippen molar-refractivity contribution in [3.05, 3.63) is 46.8 Å². The summed E-state index contributed by atoms with van der Waals surface area (Å²) in [5, 5.41) is 11.2. The van der Waals surface area contributed by atoms with E-state index in [9.17, 15) is 4.79 Å². The second kappa shape index (κ2) is 7.00. The molecule has 0 radical (unpaired) electrons. The number of fused-ring (bicyclic) bond motifs is 2. The van der Waals surface area contributed by atoms with Gasteiger partial charge >= 0.3 is 0 Å². The Kier molecular flexibility index (Phi) is 4.68. The quantitative estimate of drug-likeness (QED) is 0.871. The van der Waals surface area contributed by atoms with Gasteiger partial charge in [0.15, 0.2) is 0 Å². The van der Waals surface area contributed by atoms with Gasteiger partial charge in [-0.05, 0) is 32.9 Å². The summed E-state index contributed by atoms with van der Waals surface area (Å²) in [6, 6.07) is 8.26. The maximum absolute atomic E-state index is 12.6. The van der Waals surface area contributed by atoms with Crippen molar-refractivity contribution < 1.29 is 9.53 Å². The predicted octanol–water partition coefficient (Wildman–Crippen LogP) is 2.65. The SMILES string of the molecule is Cc1ccc2c(c1)[C@@H](NC(=O)CCc1cc3n(n1)CCNC3)CC(C)(C)O2. The van der Waals surface area contributed by atoms with E-state index in [1.807, 2.05) is 10.7 Å². The maximum atomic E-state index is 12.6. The van der Waals surface area contributed by atoms with Gasteiger partial charge in [0.25, 0.3) is 0 Å². The Hall–Kier alpha value is -2.34. The number of aryl methyl sites for hydroxylation is 2. The van der Waals surface area contributed by atoms with Crippen LogP contribution in [-0.4, -0.2) is 27.8 Å². The Morgan fingerprint density at radius 2 is 2.26 bits per heavy atom. The standard InChI is InChI=1S/C21H28N4O2/c1-14-4-6-19-17(10-14)18(12-21(2,3)27-19)23-20(26)7-5-15-11-16-13-22-8-9-25(16)24-15/h4,6,10-11,18,22H,5,7-9,12-13H2,1-3H3,(H,23,26)/t18-/m0/s1. The van der Waals surface area contributed by atoms with Gasteiger partial charge in [-0.2, -0.15) is 5.10 Å². The molecule has 2 aromatic rings. The minimum absolute atomic E-state index is 0.0180. The third kappa shape index (κ3) is 4.00. The highest BCUT2D eigenvalue weighted by Gasteiger charge is 2.34. The molecule has 2 aliphatic heterocycles. The van der Waals surface area contributed by atoms with Crippen LogP contribution in [-0.2, 0) is 24.3 Å². The highest BCUT2D eigenvalue weighted by atomic mass is 16.5. The Morgan fingerprint density at radius 1 is 1.41 bits per heavy atom. The van der Waals surface area contributed by atoms with Crippen molar-refractivity contribution in [1.29, 1.82) is 0 Å². The molecule has 1 amide bonds. The van der Waals surface area contributed by atoms with Crippen molar-refractivity contribution >= 4 is 5.91 Å². The lowest BCUT2D eigenvalue weighted by Gasteiger charge is -2.38. The van der Waals surface area contributed by atoms with E-state index in [0.29, 0.717) is 12.8 Å². The molecule has 0 bridgehead atoms. The van der Waals surface area contributed by atoms with Gasteiger partial charge in [0.05, 0.1) is 24.0 Å². The molecule has 3 heterocycles. The lowest BCUT2D eigenvalue weighted by Crippen LogP contribution is -2.41. The number of amides is 1. The molecule has 2 N–H and O–H groups in total. The van der Waals surface area contributed by atoms with E-state index in [4.69, 9.17) is 4.74 Å². The van der Waals surface area contributed by atoms with Crippen LogP contribution >= 0.6 is 0 Å². The number of hydrogen-bond acceptors (Lipinski definition) is 4. The topological polar surface area (TPSA) is 68.2 Å². The van der Waals surface area contributed by atoms with Gasteiger partial charge in [-0.25, -0.2) is 0 Å². The number of ether oxygens (including phenoxy) is 1. The molecule has 144 valence electrons. The minimum atomic E-state index is -0.296. The number of nitrogens with zero attached hydrogens (tertiary/aromatic N) is 2. The highest BCUT2D eigenvalue weighted by Crippen LogP contribution is 2.39. The fourth-order valence-corrected chi connectivity index (χ4v) is 3.99. The van der Waals surface area contributed by atoms with E-state index >= 15 is 0 Å².